The summed E-state index contributed by atoms with van der Waals surface area (Å²) in [6.07, 6.45) is 12.8. The molecule has 2 rings (SSSR count). The molecule has 2 aliphatic carbocycles. The van der Waals surface area contributed by atoms with Crippen LogP contribution in [0.2, 0.25) is 0 Å². The minimum Gasteiger partial charge on any atom is -0.327 e. The first-order chi connectivity index (χ1) is 7.24. The molecule has 0 aliphatic heterocycles. The fourth-order valence-corrected chi connectivity index (χ4v) is 2.43. The van der Waals surface area contributed by atoms with E-state index in [-0.39, 0.29) is 0 Å². The van der Waals surface area contributed by atoms with Crippen molar-refractivity contribution in [2.24, 2.45) is 11.5 Å². The van der Waals surface area contributed by atoms with Crippen molar-refractivity contribution in [3.05, 3.63) is 23.3 Å². The van der Waals surface area contributed by atoms with Crippen molar-refractivity contribution in [1.82, 2.24) is 0 Å². The summed E-state index contributed by atoms with van der Waals surface area (Å²) in [7, 11) is 0. The molecule has 0 spiro atoms. The van der Waals surface area contributed by atoms with Crippen molar-refractivity contribution in [3.63, 3.8) is 0 Å². The molecule has 0 aromatic heterocycles. The molecule has 2 atom stereocenters. The van der Waals surface area contributed by atoms with Crippen LogP contribution in [0, 0.1) is 0 Å². The molecule has 15 heavy (non-hydrogen) atoms. The molecule has 2 nitrogen and oxygen atoms in total. The Balaban J connectivity index is 1.87. The molecular formula is C13H22N2. The number of hydrogen-bond donors (Lipinski definition) is 2. The van der Waals surface area contributed by atoms with Crippen LogP contribution >= 0.6 is 0 Å². The molecule has 0 saturated carbocycles. The Morgan fingerprint density at radius 2 is 1.40 bits per heavy atom. The van der Waals surface area contributed by atoms with Gasteiger partial charge in [-0.3, -0.25) is 0 Å². The fourth-order valence-electron chi connectivity index (χ4n) is 2.43. The Morgan fingerprint density at radius 1 is 0.933 bits per heavy atom. The van der Waals surface area contributed by atoms with Crippen molar-refractivity contribution in [2.75, 3.05) is 0 Å². The van der Waals surface area contributed by atoms with Gasteiger partial charge in [-0.2, -0.15) is 0 Å². The van der Waals surface area contributed by atoms with E-state index in [4.69, 9.17) is 11.5 Å². The van der Waals surface area contributed by atoms with Gasteiger partial charge in [0.1, 0.15) is 0 Å². The molecule has 0 fully saturated rings. The second-order valence-corrected chi connectivity index (χ2v) is 4.97. The van der Waals surface area contributed by atoms with Crippen LogP contribution in [0.5, 0.6) is 0 Å². The highest BCUT2D eigenvalue weighted by Crippen LogP contribution is 2.27. The second kappa shape index (κ2) is 4.95. The van der Waals surface area contributed by atoms with E-state index in [0.717, 1.165) is 12.8 Å². The van der Waals surface area contributed by atoms with Gasteiger partial charge >= 0.3 is 0 Å². The van der Waals surface area contributed by atoms with E-state index < -0.39 is 0 Å². The van der Waals surface area contributed by atoms with Crippen LogP contribution in [0.25, 0.3) is 0 Å². The number of nitrogens with two attached hydrogens (primary N) is 2. The molecule has 0 aromatic carbocycles. The number of rotatable bonds is 2. The van der Waals surface area contributed by atoms with E-state index in [1.54, 1.807) is 11.1 Å². The maximum atomic E-state index is 5.87. The first kappa shape index (κ1) is 10.9. The zero-order chi connectivity index (χ0) is 10.7. The molecule has 84 valence electrons. The molecule has 4 N–H and O–H groups in total. The maximum absolute atomic E-state index is 5.87. The van der Waals surface area contributed by atoms with Crippen LogP contribution in [0.1, 0.15) is 44.9 Å². The standard InChI is InChI=1S/C13H22N2/c14-12-5-1-10(2-6-12)9-11-3-7-13(15)8-4-11/h1,3,12-13H,2,4-9,14-15H2. The van der Waals surface area contributed by atoms with Gasteiger partial charge in [-0.1, -0.05) is 23.3 Å². The summed E-state index contributed by atoms with van der Waals surface area (Å²) >= 11 is 0. The molecule has 0 aromatic rings. The van der Waals surface area contributed by atoms with Gasteiger partial charge in [0.2, 0.25) is 0 Å². The summed E-state index contributed by atoms with van der Waals surface area (Å²) < 4.78 is 0. The van der Waals surface area contributed by atoms with Gasteiger partial charge in [-0.15, -0.1) is 0 Å². The fraction of sp³-hybridized carbons (Fsp3) is 0.692. The highest BCUT2D eigenvalue weighted by atomic mass is 14.6. The van der Waals surface area contributed by atoms with Crippen LogP contribution in [0.4, 0.5) is 0 Å². The number of hydrogen-bond acceptors (Lipinski definition) is 2. The van der Waals surface area contributed by atoms with E-state index in [0.29, 0.717) is 12.1 Å². The third kappa shape index (κ3) is 3.18. The van der Waals surface area contributed by atoms with Crippen molar-refractivity contribution in [3.8, 4) is 0 Å². The molecule has 0 amide bonds. The molecule has 0 bridgehead atoms. The summed E-state index contributed by atoms with van der Waals surface area (Å²) in [6, 6.07) is 0.810. The van der Waals surface area contributed by atoms with Crippen molar-refractivity contribution in [2.45, 2.75) is 57.0 Å². The predicted octanol–water partition coefficient (Wildman–Crippen LogP) is 2.25. The molecule has 2 heteroatoms. The van der Waals surface area contributed by atoms with Crippen LogP contribution < -0.4 is 11.5 Å². The first-order valence-corrected chi connectivity index (χ1v) is 6.11. The SMILES string of the molecule is NC1CC=C(CC2=CCC(N)CC2)CC1. The minimum atomic E-state index is 0.405. The van der Waals surface area contributed by atoms with Gasteiger partial charge in [0.25, 0.3) is 0 Å². The average Bonchev–Trinajstić information content (AvgIpc) is 2.25. The van der Waals surface area contributed by atoms with Gasteiger partial charge in [0.05, 0.1) is 0 Å². The molecule has 0 saturated heterocycles. The Kier molecular flexibility index (Phi) is 3.60. The normalized spacial score (nSPS) is 32.1. The molecule has 0 heterocycles. The lowest BCUT2D eigenvalue weighted by atomic mass is 9.87. The largest absolute Gasteiger partial charge is 0.327 e. The highest BCUT2D eigenvalue weighted by molar-refractivity contribution is 5.19. The van der Waals surface area contributed by atoms with Gasteiger partial charge in [-0.25, -0.2) is 0 Å². The van der Waals surface area contributed by atoms with Gasteiger partial charge in [-0.05, 0) is 44.9 Å². The van der Waals surface area contributed by atoms with E-state index in [1.165, 1.54) is 32.1 Å². The molecule has 2 unspecified atom stereocenters. The lowest BCUT2D eigenvalue weighted by Crippen LogP contribution is -2.23. The van der Waals surface area contributed by atoms with Crippen LogP contribution in [-0.2, 0) is 0 Å². The Bertz CT molecular complexity index is 250. The van der Waals surface area contributed by atoms with Crippen molar-refractivity contribution in [1.29, 1.82) is 0 Å². The van der Waals surface area contributed by atoms with E-state index >= 15 is 0 Å². The molecular weight excluding hydrogens is 184 g/mol. The van der Waals surface area contributed by atoms with Gasteiger partial charge in [0.15, 0.2) is 0 Å². The Labute approximate surface area is 92.4 Å². The first-order valence-electron chi connectivity index (χ1n) is 6.11. The second-order valence-electron chi connectivity index (χ2n) is 4.97. The Morgan fingerprint density at radius 3 is 1.73 bits per heavy atom. The summed E-state index contributed by atoms with van der Waals surface area (Å²) in [5, 5.41) is 0. The van der Waals surface area contributed by atoms with Crippen LogP contribution in [0.15, 0.2) is 23.3 Å². The van der Waals surface area contributed by atoms with Crippen LogP contribution in [-0.4, -0.2) is 12.1 Å². The third-order valence-electron chi connectivity index (χ3n) is 3.55. The lowest BCUT2D eigenvalue weighted by Gasteiger charge is -2.22. The summed E-state index contributed by atoms with van der Waals surface area (Å²) in [5.74, 6) is 0. The predicted molar refractivity (Wildman–Crippen MR) is 64.4 cm³/mol. The summed E-state index contributed by atoms with van der Waals surface area (Å²) in [5.41, 5.74) is 14.9. The zero-order valence-electron chi connectivity index (χ0n) is 9.41. The van der Waals surface area contributed by atoms with E-state index in [9.17, 15) is 0 Å². The molecule has 2 aliphatic rings. The monoisotopic (exact) mass is 206 g/mol. The van der Waals surface area contributed by atoms with Crippen molar-refractivity contribution >= 4 is 0 Å². The van der Waals surface area contributed by atoms with E-state index in [2.05, 4.69) is 12.2 Å². The third-order valence-corrected chi connectivity index (χ3v) is 3.55. The lowest BCUT2D eigenvalue weighted by molar-refractivity contribution is 0.563. The van der Waals surface area contributed by atoms with Crippen molar-refractivity contribution < 1.29 is 0 Å². The summed E-state index contributed by atoms with van der Waals surface area (Å²) in [4.78, 5) is 0. The van der Waals surface area contributed by atoms with Gasteiger partial charge < -0.3 is 11.5 Å². The topological polar surface area (TPSA) is 52.0 Å². The smallest absolute Gasteiger partial charge is 0.00765 e. The van der Waals surface area contributed by atoms with Gasteiger partial charge in [0, 0.05) is 12.1 Å². The zero-order valence-corrected chi connectivity index (χ0v) is 9.41. The number of allylic oxidation sites excluding steroid dienone is 2. The van der Waals surface area contributed by atoms with E-state index in [1.807, 2.05) is 0 Å². The minimum absolute atomic E-state index is 0.405. The average molecular weight is 206 g/mol. The maximum Gasteiger partial charge on any atom is 0.00765 e. The summed E-state index contributed by atoms with van der Waals surface area (Å²) in [6.45, 7) is 0. The quantitative estimate of drug-likeness (QED) is 0.681. The highest BCUT2D eigenvalue weighted by Gasteiger charge is 2.14. The van der Waals surface area contributed by atoms with Crippen LogP contribution in [0.3, 0.4) is 0 Å². The Hall–Kier alpha value is -0.600. The molecule has 0 radical (unpaired) electrons.